The minimum atomic E-state index is 0.335. The van der Waals surface area contributed by atoms with E-state index in [4.69, 9.17) is 10.2 Å². The van der Waals surface area contributed by atoms with Crippen LogP contribution in [0.15, 0.2) is 61.2 Å². The summed E-state index contributed by atoms with van der Waals surface area (Å²) in [6, 6.07) is 13.7. The number of nitrogens with zero attached hydrogens (tertiary/aromatic N) is 4. The van der Waals surface area contributed by atoms with Crippen molar-refractivity contribution in [3.63, 3.8) is 0 Å². The summed E-state index contributed by atoms with van der Waals surface area (Å²) < 4.78 is 0. The molecule has 0 N–H and O–H groups in total. The zero-order valence-corrected chi connectivity index (χ0v) is 11.3. The van der Waals surface area contributed by atoms with Gasteiger partial charge in [0.2, 0.25) is 0 Å². The Bertz CT molecular complexity index is 777. The van der Waals surface area contributed by atoms with E-state index in [1.807, 2.05) is 36.4 Å². The van der Waals surface area contributed by atoms with Crippen LogP contribution >= 0.6 is 0 Å². The largest absolute Gasteiger partial charge is 0.265 e. The second-order valence-corrected chi connectivity index (χ2v) is 4.51. The summed E-state index contributed by atoms with van der Waals surface area (Å²) >= 11 is 0. The van der Waals surface area contributed by atoms with Gasteiger partial charge in [-0.1, -0.05) is 6.07 Å². The van der Waals surface area contributed by atoms with E-state index in [9.17, 15) is 0 Å². The Morgan fingerprint density at radius 1 is 0.810 bits per heavy atom. The highest BCUT2D eigenvalue weighted by Gasteiger charge is 2.09. The van der Waals surface area contributed by atoms with Crippen LogP contribution in [0.1, 0.15) is 5.56 Å². The average Bonchev–Trinajstić information content (AvgIpc) is 2.57. The van der Waals surface area contributed by atoms with E-state index in [-0.39, 0.29) is 0 Å². The zero-order valence-electron chi connectivity index (χ0n) is 11.3. The Balaban J connectivity index is 2.14. The monoisotopic (exact) mass is 272 g/mol. The van der Waals surface area contributed by atoms with Crippen molar-refractivity contribution in [2.24, 2.45) is 0 Å². The van der Waals surface area contributed by atoms with Gasteiger partial charge < -0.3 is 0 Å². The van der Waals surface area contributed by atoms with E-state index < -0.39 is 0 Å². The summed E-state index contributed by atoms with van der Waals surface area (Å²) in [5, 5.41) is 8.98. The minimum Gasteiger partial charge on any atom is -0.265 e. The van der Waals surface area contributed by atoms with Gasteiger partial charge in [-0.25, -0.2) is 4.98 Å². The third kappa shape index (κ3) is 2.77. The molecule has 3 rings (SSSR count). The van der Waals surface area contributed by atoms with Gasteiger partial charge in [0.1, 0.15) is 0 Å². The SMILES string of the molecule is N#CCc1ccc(-c2ccncc2)nc1-c1ccncc1. The molecule has 0 saturated carbocycles. The second-order valence-electron chi connectivity index (χ2n) is 4.51. The van der Waals surface area contributed by atoms with Crippen LogP contribution in [0.2, 0.25) is 0 Å². The van der Waals surface area contributed by atoms with E-state index >= 15 is 0 Å². The molecule has 0 aromatic carbocycles. The fourth-order valence-electron chi connectivity index (χ4n) is 2.16. The van der Waals surface area contributed by atoms with Crippen LogP contribution in [0.5, 0.6) is 0 Å². The van der Waals surface area contributed by atoms with Gasteiger partial charge in [-0.3, -0.25) is 9.97 Å². The fourth-order valence-corrected chi connectivity index (χ4v) is 2.16. The molecule has 0 amide bonds. The van der Waals surface area contributed by atoms with Gasteiger partial charge in [0.15, 0.2) is 0 Å². The molecule has 0 aliphatic rings. The molecule has 0 atom stereocenters. The van der Waals surface area contributed by atoms with Crippen molar-refractivity contribution in [1.82, 2.24) is 15.0 Å². The maximum Gasteiger partial charge on any atom is 0.0753 e. The first-order valence-electron chi connectivity index (χ1n) is 6.56. The molecule has 0 saturated heterocycles. The quantitative estimate of drug-likeness (QED) is 0.734. The number of hydrogen-bond donors (Lipinski definition) is 0. The van der Waals surface area contributed by atoms with E-state index in [0.29, 0.717) is 6.42 Å². The third-order valence-electron chi connectivity index (χ3n) is 3.18. The van der Waals surface area contributed by atoms with E-state index in [0.717, 1.165) is 28.1 Å². The molecule has 21 heavy (non-hydrogen) atoms. The molecule has 100 valence electrons. The summed E-state index contributed by atoms with van der Waals surface area (Å²) in [5.74, 6) is 0. The van der Waals surface area contributed by atoms with E-state index in [2.05, 4.69) is 16.0 Å². The van der Waals surface area contributed by atoms with Crippen LogP contribution in [-0.2, 0) is 6.42 Å². The van der Waals surface area contributed by atoms with Gasteiger partial charge >= 0.3 is 0 Å². The number of pyridine rings is 3. The van der Waals surface area contributed by atoms with Crippen molar-refractivity contribution in [2.75, 3.05) is 0 Å². The smallest absolute Gasteiger partial charge is 0.0753 e. The second kappa shape index (κ2) is 5.93. The standard InChI is InChI=1S/C17H12N4/c18-8-3-14-1-2-16(13-4-9-19-10-5-13)21-17(14)15-6-11-20-12-7-15/h1-2,4-7,9-12H,3H2. The number of hydrogen-bond acceptors (Lipinski definition) is 4. The van der Waals surface area contributed by atoms with Crippen LogP contribution in [-0.4, -0.2) is 15.0 Å². The molecule has 4 heteroatoms. The Morgan fingerprint density at radius 2 is 1.43 bits per heavy atom. The number of aromatic nitrogens is 3. The predicted octanol–water partition coefficient (Wildman–Crippen LogP) is 3.27. The highest BCUT2D eigenvalue weighted by Crippen LogP contribution is 2.25. The predicted molar refractivity (Wildman–Crippen MR) is 80.0 cm³/mol. The fraction of sp³-hybridized carbons (Fsp3) is 0.0588. The molecular weight excluding hydrogens is 260 g/mol. The highest BCUT2D eigenvalue weighted by molar-refractivity contribution is 5.68. The van der Waals surface area contributed by atoms with Crippen molar-refractivity contribution >= 4 is 0 Å². The summed E-state index contributed by atoms with van der Waals surface area (Å²) in [7, 11) is 0. The molecule has 0 aliphatic heterocycles. The molecule has 0 unspecified atom stereocenters. The summed E-state index contributed by atoms with van der Waals surface area (Å²) in [6.07, 6.45) is 7.28. The first kappa shape index (κ1) is 12.9. The van der Waals surface area contributed by atoms with Crippen LogP contribution < -0.4 is 0 Å². The van der Waals surface area contributed by atoms with Gasteiger partial charge in [-0.15, -0.1) is 0 Å². The lowest BCUT2D eigenvalue weighted by atomic mass is 10.0. The number of nitriles is 1. The molecule has 4 nitrogen and oxygen atoms in total. The molecule has 3 aromatic heterocycles. The molecule has 0 fully saturated rings. The van der Waals surface area contributed by atoms with Crippen molar-refractivity contribution in [1.29, 1.82) is 5.26 Å². The first-order chi connectivity index (χ1) is 10.4. The molecule has 0 radical (unpaired) electrons. The minimum absolute atomic E-state index is 0.335. The first-order valence-corrected chi connectivity index (χ1v) is 6.56. The van der Waals surface area contributed by atoms with Crippen molar-refractivity contribution in [3.05, 3.63) is 66.7 Å². The lowest BCUT2D eigenvalue weighted by Gasteiger charge is -2.09. The van der Waals surface area contributed by atoms with Crippen LogP contribution in [0.3, 0.4) is 0 Å². The Labute approximate surface area is 122 Å². The van der Waals surface area contributed by atoms with Gasteiger partial charge in [0.05, 0.1) is 23.9 Å². The lowest BCUT2D eigenvalue weighted by molar-refractivity contribution is 1.19. The van der Waals surface area contributed by atoms with Gasteiger partial charge in [-0.2, -0.15) is 5.26 Å². The van der Waals surface area contributed by atoms with E-state index in [1.165, 1.54) is 0 Å². The van der Waals surface area contributed by atoms with Crippen LogP contribution in [0.25, 0.3) is 22.5 Å². The Kier molecular flexibility index (Phi) is 3.66. The maximum absolute atomic E-state index is 8.98. The van der Waals surface area contributed by atoms with Crippen molar-refractivity contribution in [2.45, 2.75) is 6.42 Å². The third-order valence-corrected chi connectivity index (χ3v) is 3.18. The van der Waals surface area contributed by atoms with Gasteiger partial charge in [0.25, 0.3) is 0 Å². The number of rotatable bonds is 3. The molecule has 3 heterocycles. The molecular formula is C17H12N4. The molecule has 0 spiro atoms. The zero-order chi connectivity index (χ0) is 14.5. The molecule has 0 aliphatic carbocycles. The average molecular weight is 272 g/mol. The Morgan fingerprint density at radius 3 is 2.05 bits per heavy atom. The van der Waals surface area contributed by atoms with Crippen LogP contribution in [0, 0.1) is 11.3 Å². The van der Waals surface area contributed by atoms with Gasteiger partial charge in [0, 0.05) is 35.9 Å². The summed E-state index contributed by atoms with van der Waals surface area (Å²) in [6.45, 7) is 0. The molecule has 0 bridgehead atoms. The van der Waals surface area contributed by atoms with Gasteiger partial charge in [-0.05, 0) is 35.9 Å². The normalized spacial score (nSPS) is 10.0. The van der Waals surface area contributed by atoms with Crippen LogP contribution in [0.4, 0.5) is 0 Å². The van der Waals surface area contributed by atoms with E-state index in [1.54, 1.807) is 24.8 Å². The lowest BCUT2D eigenvalue weighted by Crippen LogP contribution is -1.95. The Hall–Kier alpha value is -3.06. The summed E-state index contributed by atoms with van der Waals surface area (Å²) in [4.78, 5) is 12.8. The van der Waals surface area contributed by atoms with Crippen molar-refractivity contribution in [3.8, 4) is 28.6 Å². The highest BCUT2D eigenvalue weighted by atomic mass is 14.7. The van der Waals surface area contributed by atoms with Crippen molar-refractivity contribution < 1.29 is 0 Å². The molecule has 3 aromatic rings. The summed E-state index contributed by atoms with van der Waals surface area (Å²) in [5.41, 5.74) is 4.58. The maximum atomic E-state index is 8.98. The topological polar surface area (TPSA) is 62.5 Å².